The van der Waals surface area contributed by atoms with Crippen LogP contribution >= 0.6 is 15.9 Å². The topological polar surface area (TPSA) is 102 Å². The highest BCUT2D eigenvalue weighted by molar-refractivity contribution is 9.10. The number of pyridine rings is 1. The SMILES string of the molecule is Cc1cc(Br)cc(C)c1Oc1cnc(N(O)O)c(Nc2ccc(C#N)cc2)c1. The summed E-state index contributed by atoms with van der Waals surface area (Å²) in [5, 5.41) is 30.8. The van der Waals surface area contributed by atoms with Gasteiger partial charge >= 0.3 is 0 Å². The molecular weight excluding hydrogens is 424 g/mol. The Balaban J connectivity index is 1.94. The number of hydrogen-bond donors (Lipinski definition) is 3. The van der Waals surface area contributed by atoms with Crippen molar-refractivity contribution in [3.63, 3.8) is 0 Å². The van der Waals surface area contributed by atoms with E-state index in [2.05, 4.69) is 26.2 Å². The van der Waals surface area contributed by atoms with Crippen LogP contribution in [-0.2, 0) is 0 Å². The molecule has 0 saturated carbocycles. The van der Waals surface area contributed by atoms with Crippen LogP contribution in [-0.4, -0.2) is 15.4 Å². The number of nitriles is 1. The predicted octanol–water partition coefficient (Wildman–Crippen LogP) is 5.45. The molecule has 0 saturated heterocycles. The second kappa shape index (κ2) is 8.27. The van der Waals surface area contributed by atoms with E-state index in [4.69, 9.17) is 10.00 Å². The van der Waals surface area contributed by atoms with Gasteiger partial charge in [-0.25, -0.2) is 4.98 Å². The van der Waals surface area contributed by atoms with Crippen molar-refractivity contribution in [1.29, 1.82) is 5.26 Å². The van der Waals surface area contributed by atoms with Crippen LogP contribution in [0.1, 0.15) is 16.7 Å². The molecule has 0 amide bonds. The summed E-state index contributed by atoms with van der Waals surface area (Å²) in [7, 11) is 0. The first-order valence-corrected chi connectivity index (χ1v) is 9.06. The lowest BCUT2D eigenvalue weighted by molar-refractivity contribution is 0.0272. The smallest absolute Gasteiger partial charge is 0.207 e. The van der Waals surface area contributed by atoms with E-state index in [-0.39, 0.29) is 11.0 Å². The van der Waals surface area contributed by atoms with Gasteiger partial charge in [0.15, 0.2) is 0 Å². The summed E-state index contributed by atoms with van der Waals surface area (Å²) in [5.41, 5.74) is 3.39. The Hall–Kier alpha value is -3.12. The molecule has 8 heteroatoms. The summed E-state index contributed by atoms with van der Waals surface area (Å²) < 4.78 is 6.96. The van der Waals surface area contributed by atoms with Gasteiger partial charge in [-0.2, -0.15) is 5.26 Å². The summed E-state index contributed by atoms with van der Waals surface area (Å²) >= 11 is 3.46. The Bertz CT molecular complexity index is 1020. The fraction of sp³-hybridized carbons (Fsp3) is 0.100. The maximum absolute atomic E-state index is 9.46. The highest BCUT2D eigenvalue weighted by Crippen LogP contribution is 2.35. The van der Waals surface area contributed by atoms with Gasteiger partial charge in [0.1, 0.15) is 11.5 Å². The van der Waals surface area contributed by atoms with Crippen molar-refractivity contribution in [3.8, 4) is 17.6 Å². The molecule has 1 heterocycles. The van der Waals surface area contributed by atoms with Crippen LogP contribution in [0.25, 0.3) is 0 Å². The van der Waals surface area contributed by atoms with Crippen LogP contribution in [0.3, 0.4) is 0 Å². The van der Waals surface area contributed by atoms with E-state index < -0.39 is 0 Å². The highest BCUT2D eigenvalue weighted by Gasteiger charge is 2.14. The van der Waals surface area contributed by atoms with Crippen molar-refractivity contribution < 1.29 is 15.2 Å². The van der Waals surface area contributed by atoms with Crippen LogP contribution in [0.15, 0.2) is 53.1 Å². The summed E-state index contributed by atoms with van der Waals surface area (Å²) in [6, 6.07) is 14.3. The summed E-state index contributed by atoms with van der Waals surface area (Å²) in [5.74, 6) is 1.03. The fourth-order valence-electron chi connectivity index (χ4n) is 2.71. The third-order valence-corrected chi connectivity index (χ3v) is 4.43. The zero-order chi connectivity index (χ0) is 20.3. The Labute approximate surface area is 170 Å². The van der Waals surface area contributed by atoms with Gasteiger partial charge in [-0.15, -0.1) is 5.23 Å². The fourth-order valence-corrected chi connectivity index (χ4v) is 3.39. The molecule has 28 heavy (non-hydrogen) atoms. The molecule has 1 aromatic heterocycles. The number of aryl methyl sites for hydroxylation is 2. The molecular formula is C20H17BrN4O3. The molecule has 3 N–H and O–H groups in total. The molecule has 2 aromatic carbocycles. The maximum Gasteiger partial charge on any atom is 0.207 e. The Morgan fingerprint density at radius 1 is 1.11 bits per heavy atom. The highest BCUT2D eigenvalue weighted by atomic mass is 79.9. The number of ether oxygens (including phenoxy) is 1. The molecule has 0 unspecified atom stereocenters. The maximum atomic E-state index is 9.46. The second-order valence-corrected chi connectivity index (χ2v) is 7.03. The Morgan fingerprint density at radius 3 is 2.32 bits per heavy atom. The van der Waals surface area contributed by atoms with Crippen molar-refractivity contribution in [2.45, 2.75) is 13.8 Å². The van der Waals surface area contributed by atoms with Gasteiger partial charge in [0.05, 0.1) is 23.5 Å². The second-order valence-electron chi connectivity index (χ2n) is 6.12. The van der Waals surface area contributed by atoms with Crippen LogP contribution in [0.2, 0.25) is 0 Å². The van der Waals surface area contributed by atoms with E-state index in [0.717, 1.165) is 15.6 Å². The first kappa shape index (κ1) is 19.6. The van der Waals surface area contributed by atoms with E-state index >= 15 is 0 Å². The number of anilines is 3. The predicted molar refractivity (Wildman–Crippen MR) is 108 cm³/mol. The van der Waals surface area contributed by atoms with E-state index in [9.17, 15) is 10.4 Å². The lowest BCUT2D eigenvalue weighted by Gasteiger charge is -2.17. The number of halogens is 1. The van der Waals surface area contributed by atoms with Gasteiger partial charge in [0.2, 0.25) is 5.82 Å². The lowest BCUT2D eigenvalue weighted by atomic mass is 10.1. The molecule has 142 valence electrons. The Kier molecular flexibility index (Phi) is 5.80. The van der Waals surface area contributed by atoms with Crippen LogP contribution < -0.4 is 15.3 Å². The largest absolute Gasteiger partial charge is 0.455 e. The summed E-state index contributed by atoms with van der Waals surface area (Å²) in [4.78, 5) is 4.06. The van der Waals surface area contributed by atoms with E-state index in [1.807, 2.05) is 32.0 Å². The molecule has 3 aromatic rings. The zero-order valence-corrected chi connectivity index (χ0v) is 16.7. The van der Waals surface area contributed by atoms with Crippen molar-refractivity contribution in [2.75, 3.05) is 10.5 Å². The minimum Gasteiger partial charge on any atom is -0.455 e. The summed E-state index contributed by atoms with van der Waals surface area (Å²) in [6.07, 6.45) is 1.40. The molecule has 0 atom stereocenters. The summed E-state index contributed by atoms with van der Waals surface area (Å²) in [6.45, 7) is 3.88. The molecule has 0 radical (unpaired) electrons. The van der Waals surface area contributed by atoms with Gasteiger partial charge < -0.3 is 10.1 Å². The average molecular weight is 441 g/mol. The van der Waals surface area contributed by atoms with Gasteiger partial charge in [-0.05, 0) is 61.4 Å². The third-order valence-electron chi connectivity index (χ3n) is 3.97. The minimum atomic E-state index is -0.0963. The lowest BCUT2D eigenvalue weighted by Crippen LogP contribution is -2.14. The quantitative estimate of drug-likeness (QED) is 0.453. The van der Waals surface area contributed by atoms with E-state index in [1.54, 1.807) is 30.3 Å². The van der Waals surface area contributed by atoms with Crippen molar-refractivity contribution >= 4 is 33.1 Å². The van der Waals surface area contributed by atoms with Gasteiger partial charge in [0, 0.05) is 16.2 Å². The number of nitrogens with one attached hydrogen (secondary N) is 1. The first-order valence-electron chi connectivity index (χ1n) is 8.27. The molecule has 7 nitrogen and oxygen atoms in total. The van der Waals surface area contributed by atoms with Crippen LogP contribution in [0.4, 0.5) is 17.2 Å². The monoisotopic (exact) mass is 440 g/mol. The number of benzene rings is 2. The number of nitrogens with zero attached hydrogens (tertiary/aromatic N) is 3. The standard InChI is InChI=1S/C20H17BrN4O3/c1-12-7-15(21)8-13(2)19(12)28-17-9-18(20(23-11-17)25(26)27)24-16-5-3-14(10-22)4-6-16/h3-9,11,24,26-27H,1-2H3. The number of aromatic nitrogens is 1. The third kappa shape index (κ3) is 4.40. The van der Waals surface area contributed by atoms with Gasteiger partial charge in [0.25, 0.3) is 0 Å². The molecule has 3 rings (SSSR count). The van der Waals surface area contributed by atoms with Crippen molar-refractivity contribution in [1.82, 2.24) is 4.98 Å². The number of rotatable bonds is 5. The van der Waals surface area contributed by atoms with E-state index in [1.165, 1.54) is 6.20 Å². The molecule has 0 aliphatic carbocycles. The normalized spacial score (nSPS) is 10.3. The number of hydrogen-bond acceptors (Lipinski definition) is 7. The molecule has 0 bridgehead atoms. The molecule has 0 aliphatic rings. The van der Waals surface area contributed by atoms with Crippen molar-refractivity contribution in [2.24, 2.45) is 0 Å². The van der Waals surface area contributed by atoms with Crippen LogP contribution in [0, 0.1) is 25.2 Å². The molecule has 0 spiro atoms. The van der Waals surface area contributed by atoms with Gasteiger partial charge in [-0.1, -0.05) is 15.9 Å². The van der Waals surface area contributed by atoms with E-state index in [0.29, 0.717) is 28.4 Å². The molecule has 0 fully saturated rings. The zero-order valence-electron chi connectivity index (χ0n) is 15.1. The minimum absolute atomic E-state index is 0.0636. The Morgan fingerprint density at radius 2 is 1.75 bits per heavy atom. The van der Waals surface area contributed by atoms with Gasteiger partial charge in [-0.3, -0.25) is 10.4 Å². The van der Waals surface area contributed by atoms with Crippen LogP contribution in [0.5, 0.6) is 11.5 Å². The average Bonchev–Trinajstić information content (AvgIpc) is 2.65. The van der Waals surface area contributed by atoms with Crippen molar-refractivity contribution in [3.05, 3.63) is 69.8 Å². The first-order chi connectivity index (χ1) is 13.4. The molecule has 0 aliphatic heterocycles.